The van der Waals surface area contributed by atoms with Crippen molar-refractivity contribution in [1.29, 1.82) is 0 Å². The predicted molar refractivity (Wildman–Crippen MR) is 89.7 cm³/mol. The zero-order valence-corrected chi connectivity index (χ0v) is 13.6. The molecule has 3 nitrogen and oxygen atoms in total. The summed E-state index contributed by atoms with van der Waals surface area (Å²) in [4.78, 5) is 12.1. The van der Waals surface area contributed by atoms with Crippen molar-refractivity contribution in [1.82, 2.24) is 0 Å². The molecule has 0 aromatic heterocycles. The summed E-state index contributed by atoms with van der Waals surface area (Å²) in [6, 6.07) is 16.4. The molecule has 0 heterocycles. The lowest BCUT2D eigenvalue weighted by Gasteiger charge is -2.10. The molecule has 0 saturated heterocycles. The fourth-order valence-corrected chi connectivity index (χ4v) is 2.42. The van der Waals surface area contributed by atoms with E-state index in [1.165, 1.54) is 12.1 Å². The van der Waals surface area contributed by atoms with E-state index in [0.29, 0.717) is 6.07 Å². The van der Waals surface area contributed by atoms with E-state index in [2.05, 4.69) is 4.74 Å². The van der Waals surface area contributed by atoms with Crippen molar-refractivity contribution in [3.63, 3.8) is 0 Å². The molecule has 0 atom stereocenters. The van der Waals surface area contributed by atoms with Gasteiger partial charge in [-0.15, -0.1) is 0 Å². The van der Waals surface area contributed by atoms with Gasteiger partial charge in [0.15, 0.2) is 17.4 Å². The summed E-state index contributed by atoms with van der Waals surface area (Å²) in [7, 11) is 0.971. The number of hydrogen-bond acceptors (Lipinski definition) is 3. The van der Waals surface area contributed by atoms with Crippen LogP contribution in [-0.4, -0.2) is 13.1 Å². The molecule has 0 radical (unpaired) electrons. The molecule has 0 bridgehead atoms. The second-order valence-electron chi connectivity index (χ2n) is 5.35. The van der Waals surface area contributed by atoms with Gasteiger partial charge in [0, 0.05) is 0 Å². The minimum atomic E-state index is -1.51. The molecule has 3 aromatic carbocycles. The summed E-state index contributed by atoms with van der Waals surface area (Å²) < 4.78 is 50.6. The number of benzene rings is 3. The van der Waals surface area contributed by atoms with E-state index in [0.717, 1.165) is 18.2 Å². The molecule has 6 heteroatoms. The smallest absolute Gasteiger partial charge is 0.346 e. The molecule has 132 valence electrons. The van der Waals surface area contributed by atoms with Gasteiger partial charge in [0.05, 0.1) is 7.11 Å². The molecule has 0 fully saturated rings. The van der Waals surface area contributed by atoms with Gasteiger partial charge in [-0.05, 0) is 29.3 Å². The normalized spacial score (nSPS) is 10.5. The Balaban J connectivity index is 1.84. The van der Waals surface area contributed by atoms with Gasteiger partial charge in [0.1, 0.15) is 11.3 Å². The summed E-state index contributed by atoms with van der Waals surface area (Å²) >= 11 is 0. The van der Waals surface area contributed by atoms with Crippen LogP contribution in [-0.2, 0) is 0 Å². The van der Waals surface area contributed by atoms with E-state index in [9.17, 15) is 18.0 Å². The summed E-state index contributed by atoms with van der Waals surface area (Å²) in [6.07, 6.45) is 0. The molecular weight excluding hydrogens is 345 g/mol. The number of methoxy groups -OCH3 is 1. The maximum Gasteiger partial charge on any atom is 0.346 e. The fraction of sp³-hybridized carbons (Fsp3) is 0.0500. The average Bonchev–Trinajstić information content (AvgIpc) is 2.66. The highest BCUT2D eigenvalue weighted by Gasteiger charge is 2.24. The summed E-state index contributed by atoms with van der Waals surface area (Å²) in [6.45, 7) is 0. The Kier molecular flexibility index (Phi) is 4.93. The highest BCUT2D eigenvalue weighted by Crippen LogP contribution is 2.28. The van der Waals surface area contributed by atoms with Gasteiger partial charge >= 0.3 is 5.97 Å². The van der Waals surface area contributed by atoms with E-state index in [4.69, 9.17) is 4.74 Å². The standard InChI is InChI=1S/C20H13F3O3/c1-25-19-17(22)15(11-16(21)18(19)23)20(24)26-14-9-7-13(8-10-14)12-5-3-2-4-6-12/h2-11H,1H3. The van der Waals surface area contributed by atoms with E-state index in [-0.39, 0.29) is 5.75 Å². The minimum absolute atomic E-state index is 0.137. The number of hydrogen-bond donors (Lipinski definition) is 0. The number of carbonyl (C=O) groups is 1. The molecule has 0 N–H and O–H groups in total. The van der Waals surface area contributed by atoms with Crippen LogP contribution in [0.15, 0.2) is 60.7 Å². The van der Waals surface area contributed by atoms with Crippen molar-refractivity contribution < 1.29 is 27.4 Å². The van der Waals surface area contributed by atoms with Crippen LogP contribution in [0.5, 0.6) is 11.5 Å². The van der Waals surface area contributed by atoms with Crippen molar-refractivity contribution in [2.24, 2.45) is 0 Å². The van der Waals surface area contributed by atoms with Crippen molar-refractivity contribution >= 4 is 5.97 Å². The highest BCUT2D eigenvalue weighted by molar-refractivity contribution is 5.92. The fourth-order valence-electron chi connectivity index (χ4n) is 2.42. The summed E-state index contributed by atoms with van der Waals surface area (Å²) in [5, 5.41) is 0. The maximum absolute atomic E-state index is 14.1. The first-order valence-corrected chi connectivity index (χ1v) is 7.60. The van der Waals surface area contributed by atoms with Gasteiger partial charge in [-0.2, -0.15) is 4.39 Å². The van der Waals surface area contributed by atoms with E-state index < -0.39 is 34.7 Å². The third-order valence-electron chi connectivity index (χ3n) is 3.71. The molecule has 0 unspecified atom stereocenters. The van der Waals surface area contributed by atoms with Crippen LogP contribution < -0.4 is 9.47 Å². The monoisotopic (exact) mass is 358 g/mol. The SMILES string of the molecule is COc1c(F)c(F)cc(C(=O)Oc2ccc(-c3ccccc3)cc2)c1F. The van der Waals surface area contributed by atoms with Crippen LogP contribution in [0.1, 0.15) is 10.4 Å². The first kappa shape index (κ1) is 17.5. The van der Waals surface area contributed by atoms with Crippen LogP contribution in [0.3, 0.4) is 0 Å². The van der Waals surface area contributed by atoms with E-state index in [1.54, 1.807) is 12.1 Å². The molecule has 3 aromatic rings. The van der Waals surface area contributed by atoms with Gasteiger partial charge in [0.25, 0.3) is 0 Å². The van der Waals surface area contributed by atoms with E-state index in [1.807, 2.05) is 30.3 Å². The van der Waals surface area contributed by atoms with Gasteiger partial charge in [-0.3, -0.25) is 0 Å². The average molecular weight is 358 g/mol. The van der Waals surface area contributed by atoms with Crippen LogP contribution in [0.4, 0.5) is 13.2 Å². The Morgan fingerprint density at radius 2 is 1.46 bits per heavy atom. The summed E-state index contributed by atoms with van der Waals surface area (Å²) in [5.41, 5.74) is 1.11. The molecule has 3 rings (SSSR count). The highest BCUT2D eigenvalue weighted by atomic mass is 19.2. The number of esters is 1. The van der Waals surface area contributed by atoms with Crippen molar-refractivity contribution in [3.05, 3.63) is 83.7 Å². The van der Waals surface area contributed by atoms with Crippen molar-refractivity contribution in [3.8, 4) is 22.6 Å². The topological polar surface area (TPSA) is 35.5 Å². The Morgan fingerprint density at radius 3 is 2.08 bits per heavy atom. The molecule has 0 saturated carbocycles. The molecule has 0 amide bonds. The van der Waals surface area contributed by atoms with Crippen molar-refractivity contribution in [2.45, 2.75) is 0 Å². The Morgan fingerprint density at radius 1 is 0.846 bits per heavy atom. The molecule has 0 spiro atoms. The van der Waals surface area contributed by atoms with Gasteiger partial charge in [-0.1, -0.05) is 42.5 Å². The number of carbonyl (C=O) groups excluding carboxylic acids is 1. The van der Waals surface area contributed by atoms with Gasteiger partial charge in [0.2, 0.25) is 5.82 Å². The first-order chi connectivity index (χ1) is 12.5. The largest absolute Gasteiger partial charge is 0.491 e. The van der Waals surface area contributed by atoms with Gasteiger partial charge in [-0.25, -0.2) is 13.6 Å². The second kappa shape index (κ2) is 7.31. The summed E-state index contributed by atoms with van der Waals surface area (Å²) in [5.74, 6) is -6.23. The number of rotatable bonds is 4. The molecule has 26 heavy (non-hydrogen) atoms. The molecular formula is C20H13F3O3. The third-order valence-corrected chi connectivity index (χ3v) is 3.71. The van der Waals surface area contributed by atoms with Crippen LogP contribution in [0.25, 0.3) is 11.1 Å². The lowest BCUT2D eigenvalue weighted by Crippen LogP contribution is -2.13. The lowest BCUT2D eigenvalue weighted by atomic mass is 10.1. The third kappa shape index (κ3) is 3.39. The van der Waals surface area contributed by atoms with E-state index >= 15 is 0 Å². The Bertz CT molecular complexity index is 939. The molecule has 0 aliphatic rings. The Hall–Kier alpha value is -3.28. The lowest BCUT2D eigenvalue weighted by molar-refractivity contribution is 0.0728. The van der Waals surface area contributed by atoms with Crippen LogP contribution >= 0.6 is 0 Å². The quantitative estimate of drug-likeness (QED) is 0.374. The zero-order chi connectivity index (χ0) is 18.7. The van der Waals surface area contributed by atoms with Crippen LogP contribution in [0.2, 0.25) is 0 Å². The number of ether oxygens (including phenoxy) is 2. The van der Waals surface area contributed by atoms with Crippen molar-refractivity contribution in [2.75, 3.05) is 7.11 Å². The maximum atomic E-state index is 14.1. The van der Waals surface area contributed by atoms with Gasteiger partial charge < -0.3 is 9.47 Å². The minimum Gasteiger partial charge on any atom is -0.491 e. The predicted octanol–water partition coefficient (Wildman–Crippen LogP) is 5.00. The van der Waals surface area contributed by atoms with Crippen LogP contribution in [0, 0.1) is 17.5 Å². The molecule has 0 aliphatic heterocycles. The molecule has 0 aliphatic carbocycles. The second-order valence-corrected chi connectivity index (χ2v) is 5.35. The zero-order valence-electron chi connectivity index (χ0n) is 13.6. The number of halogens is 3. The Labute approximate surface area is 147 Å². The first-order valence-electron chi connectivity index (χ1n) is 7.60.